The van der Waals surface area contributed by atoms with Gasteiger partial charge in [-0.05, 0) is 31.4 Å². The Morgan fingerprint density at radius 1 is 1.35 bits per heavy atom. The van der Waals surface area contributed by atoms with Crippen molar-refractivity contribution in [1.82, 2.24) is 4.98 Å². The Bertz CT molecular complexity index is 636. The van der Waals surface area contributed by atoms with Crippen molar-refractivity contribution in [2.75, 3.05) is 0 Å². The van der Waals surface area contributed by atoms with Crippen molar-refractivity contribution in [3.05, 3.63) is 54.7 Å². The molecule has 0 aliphatic rings. The van der Waals surface area contributed by atoms with E-state index in [1.165, 1.54) is 6.42 Å². The van der Waals surface area contributed by atoms with Gasteiger partial charge in [-0.15, -0.1) is 6.58 Å². The highest BCUT2D eigenvalue weighted by molar-refractivity contribution is 14.1. The quantitative estimate of drug-likeness (QED) is 0.232. The third kappa shape index (κ3) is 4.64. The molecule has 0 aliphatic carbocycles. The minimum absolute atomic E-state index is 0.689. The largest absolute Gasteiger partial charge is 0.255 e. The molecule has 1 unspecified atom stereocenters. The Morgan fingerprint density at radius 2 is 2.20 bits per heavy atom. The second kappa shape index (κ2) is 8.06. The molecule has 1 nitrogen and oxygen atoms in total. The lowest BCUT2D eigenvalue weighted by molar-refractivity contribution is 0.736. The van der Waals surface area contributed by atoms with E-state index >= 15 is 0 Å². The van der Waals surface area contributed by atoms with Crippen molar-refractivity contribution in [2.24, 2.45) is 0 Å². The first-order chi connectivity index (χ1) is 9.79. The number of aromatic nitrogens is 1. The van der Waals surface area contributed by atoms with Crippen molar-refractivity contribution in [1.29, 1.82) is 0 Å². The van der Waals surface area contributed by atoms with Gasteiger partial charge in [0.05, 0.1) is 5.52 Å². The minimum atomic E-state index is 0.689. The lowest BCUT2D eigenvalue weighted by Gasteiger charge is -2.03. The van der Waals surface area contributed by atoms with Gasteiger partial charge >= 0.3 is 0 Å². The van der Waals surface area contributed by atoms with Gasteiger partial charge < -0.3 is 0 Å². The Kier molecular flexibility index (Phi) is 6.07. The van der Waals surface area contributed by atoms with Gasteiger partial charge in [-0.2, -0.15) is 0 Å². The van der Waals surface area contributed by atoms with Crippen LogP contribution in [0.15, 0.2) is 49.2 Å². The average Bonchev–Trinajstić information content (AvgIpc) is 2.47. The maximum absolute atomic E-state index is 4.42. The maximum Gasteiger partial charge on any atom is 0.0702 e. The molecule has 0 spiro atoms. The van der Waals surface area contributed by atoms with E-state index in [0.29, 0.717) is 3.92 Å². The van der Waals surface area contributed by atoms with Crippen LogP contribution < -0.4 is 0 Å². The molecule has 2 aromatic rings. The summed E-state index contributed by atoms with van der Waals surface area (Å²) >= 11 is 2.48. The SMILES string of the molecule is C=CCC(I)CCCC#Cc1cnc2ccccc2c1. The molecule has 0 N–H and O–H groups in total. The van der Waals surface area contributed by atoms with Gasteiger partial charge in [0.1, 0.15) is 0 Å². The van der Waals surface area contributed by atoms with Crippen LogP contribution in [0.5, 0.6) is 0 Å². The van der Waals surface area contributed by atoms with Crippen LogP contribution in [0.3, 0.4) is 0 Å². The van der Waals surface area contributed by atoms with Crippen LogP contribution in [-0.2, 0) is 0 Å². The second-order valence-corrected chi connectivity index (χ2v) is 6.49. The fourth-order valence-corrected chi connectivity index (χ4v) is 2.81. The molecule has 1 heterocycles. The van der Waals surface area contributed by atoms with E-state index in [4.69, 9.17) is 0 Å². The standard InChI is InChI=1S/C18H18IN/c1-2-8-17(19)11-5-3-4-9-15-13-16-10-6-7-12-18(16)20-14-15/h2,6-7,10,12-14,17H,1,3,5,8,11H2. The van der Waals surface area contributed by atoms with Gasteiger partial charge in [0.2, 0.25) is 0 Å². The third-order valence-corrected chi connectivity index (χ3v) is 4.20. The number of benzene rings is 1. The number of halogens is 1. The normalized spacial score (nSPS) is 11.7. The molecule has 0 bridgehead atoms. The first kappa shape index (κ1) is 15.1. The summed E-state index contributed by atoms with van der Waals surface area (Å²) in [4.78, 5) is 4.42. The molecule has 20 heavy (non-hydrogen) atoms. The van der Waals surface area contributed by atoms with Crippen molar-refractivity contribution < 1.29 is 0 Å². The molecule has 2 rings (SSSR count). The van der Waals surface area contributed by atoms with Crippen molar-refractivity contribution >= 4 is 33.5 Å². The highest BCUT2D eigenvalue weighted by Gasteiger charge is 1.99. The van der Waals surface area contributed by atoms with Gasteiger partial charge in [0, 0.05) is 27.5 Å². The fraction of sp³-hybridized carbons (Fsp3) is 0.278. The highest BCUT2D eigenvalue weighted by atomic mass is 127. The van der Waals surface area contributed by atoms with E-state index in [-0.39, 0.29) is 0 Å². The summed E-state index contributed by atoms with van der Waals surface area (Å²) in [6, 6.07) is 10.2. The van der Waals surface area contributed by atoms with E-state index < -0.39 is 0 Å². The monoisotopic (exact) mass is 375 g/mol. The second-order valence-electron chi connectivity index (χ2n) is 4.73. The van der Waals surface area contributed by atoms with Crippen molar-refractivity contribution in [3.8, 4) is 11.8 Å². The smallest absolute Gasteiger partial charge is 0.0702 e. The highest BCUT2D eigenvalue weighted by Crippen LogP contribution is 2.14. The number of allylic oxidation sites excluding steroid dienone is 1. The Balaban J connectivity index is 1.89. The summed E-state index contributed by atoms with van der Waals surface area (Å²) in [6.45, 7) is 3.77. The zero-order chi connectivity index (χ0) is 14.2. The van der Waals surface area contributed by atoms with Crippen molar-refractivity contribution in [3.63, 3.8) is 0 Å². The van der Waals surface area contributed by atoms with E-state index in [9.17, 15) is 0 Å². The van der Waals surface area contributed by atoms with Crippen LogP contribution in [0.1, 0.15) is 31.2 Å². The molecule has 102 valence electrons. The molecule has 0 aliphatic heterocycles. The molecule has 0 saturated heterocycles. The third-order valence-electron chi connectivity index (χ3n) is 3.06. The maximum atomic E-state index is 4.42. The molecule has 0 amide bonds. The van der Waals surface area contributed by atoms with Crippen LogP contribution >= 0.6 is 22.6 Å². The molecule has 0 radical (unpaired) electrons. The molecule has 1 atom stereocenters. The molecule has 0 fully saturated rings. The average molecular weight is 375 g/mol. The van der Waals surface area contributed by atoms with E-state index in [0.717, 1.165) is 35.7 Å². The van der Waals surface area contributed by atoms with E-state index in [1.54, 1.807) is 0 Å². The van der Waals surface area contributed by atoms with Crippen LogP contribution in [0.25, 0.3) is 10.9 Å². The zero-order valence-corrected chi connectivity index (χ0v) is 13.6. The fourth-order valence-electron chi connectivity index (χ4n) is 2.01. The predicted octanol–water partition coefficient (Wildman–Crippen LogP) is 5.14. The van der Waals surface area contributed by atoms with Crippen LogP contribution in [0, 0.1) is 11.8 Å². The van der Waals surface area contributed by atoms with Crippen LogP contribution in [-0.4, -0.2) is 8.91 Å². The summed E-state index contributed by atoms with van der Waals surface area (Å²) in [5.74, 6) is 6.45. The van der Waals surface area contributed by atoms with Crippen LogP contribution in [0.2, 0.25) is 0 Å². The first-order valence-corrected chi connectivity index (χ1v) is 8.13. The molecular weight excluding hydrogens is 357 g/mol. The lowest BCUT2D eigenvalue weighted by Crippen LogP contribution is -1.94. The van der Waals surface area contributed by atoms with Gasteiger partial charge in [-0.25, -0.2) is 0 Å². The van der Waals surface area contributed by atoms with Crippen molar-refractivity contribution in [2.45, 2.75) is 29.6 Å². The van der Waals surface area contributed by atoms with Crippen LogP contribution in [0.4, 0.5) is 0 Å². The number of pyridine rings is 1. The number of rotatable bonds is 5. The molecule has 0 saturated carbocycles. The summed E-state index contributed by atoms with van der Waals surface area (Å²) in [7, 11) is 0. The number of alkyl halides is 1. The predicted molar refractivity (Wildman–Crippen MR) is 95.1 cm³/mol. The number of para-hydroxylation sites is 1. The number of fused-ring (bicyclic) bond motifs is 1. The van der Waals surface area contributed by atoms with Gasteiger partial charge in [-0.3, -0.25) is 4.98 Å². The minimum Gasteiger partial charge on any atom is -0.255 e. The first-order valence-electron chi connectivity index (χ1n) is 6.88. The number of hydrogen-bond acceptors (Lipinski definition) is 1. The summed E-state index contributed by atoms with van der Waals surface area (Å²) in [6.07, 6.45) is 8.23. The zero-order valence-electron chi connectivity index (χ0n) is 11.5. The molecular formula is C18H18IN. The molecule has 1 aromatic heterocycles. The Labute approximate surface area is 134 Å². The molecule has 2 heteroatoms. The topological polar surface area (TPSA) is 12.9 Å². The van der Waals surface area contributed by atoms with Gasteiger partial charge in [-0.1, -0.05) is 58.7 Å². The number of nitrogens with zero attached hydrogens (tertiary/aromatic N) is 1. The molecule has 1 aromatic carbocycles. The number of hydrogen-bond donors (Lipinski definition) is 0. The Morgan fingerprint density at radius 3 is 3.05 bits per heavy atom. The Hall–Kier alpha value is -1.34. The summed E-state index contributed by atoms with van der Waals surface area (Å²) < 4.78 is 0.689. The van der Waals surface area contributed by atoms with Gasteiger partial charge in [0.25, 0.3) is 0 Å². The van der Waals surface area contributed by atoms with Gasteiger partial charge in [0.15, 0.2) is 0 Å². The summed E-state index contributed by atoms with van der Waals surface area (Å²) in [5, 5.41) is 1.15. The number of unbranched alkanes of at least 4 members (excludes halogenated alkanes) is 1. The van der Waals surface area contributed by atoms with E-state index in [1.807, 2.05) is 30.5 Å². The lowest BCUT2D eigenvalue weighted by atomic mass is 10.1. The van der Waals surface area contributed by atoms with E-state index in [2.05, 4.69) is 58.1 Å². The summed E-state index contributed by atoms with van der Waals surface area (Å²) in [5.41, 5.74) is 2.02.